The van der Waals surface area contributed by atoms with Gasteiger partial charge in [-0.05, 0) is 76.2 Å². The number of likely N-dealkylation sites (tertiary alicyclic amines) is 3. The standard InChI is InChI=1S/C33H53N9O3/c1-3-38(17-9-16-35-34-2)25-30(31(43)40-20-12-27(13-21-40)39-18-7-4-8-19-39)37-32(44)41-22-14-28(15-23-41)42-24-26-10-5-6-11-29(26)36-33(42)45/h5-6,10-11,16,27-28,30,34H,3-4,7-9,12-15,17-25H2,1-2H3,(H,36,45)(H,37,44)/b35-16-. The Kier molecular flexibility index (Phi) is 11.9. The zero-order valence-electron chi connectivity index (χ0n) is 27.3. The molecule has 0 spiro atoms. The van der Waals surface area contributed by atoms with Crippen molar-refractivity contribution in [2.24, 2.45) is 5.10 Å². The van der Waals surface area contributed by atoms with Crippen molar-refractivity contribution in [3.8, 4) is 0 Å². The molecule has 0 radical (unpaired) electrons. The highest BCUT2D eigenvalue weighted by atomic mass is 16.2. The Balaban J connectivity index is 1.18. The first-order valence-corrected chi connectivity index (χ1v) is 17.1. The number of nitrogens with zero attached hydrogens (tertiary/aromatic N) is 6. The molecular formula is C33H53N9O3. The lowest BCUT2D eigenvalue weighted by Crippen LogP contribution is -2.59. The van der Waals surface area contributed by atoms with E-state index in [0.29, 0.717) is 45.1 Å². The molecule has 1 aromatic rings. The number of benzene rings is 1. The van der Waals surface area contributed by atoms with Crippen LogP contribution in [-0.4, -0.2) is 133 Å². The number of nitrogens with one attached hydrogen (secondary N) is 3. The predicted molar refractivity (Wildman–Crippen MR) is 177 cm³/mol. The van der Waals surface area contributed by atoms with Crippen molar-refractivity contribution in [1.82, 2.24) is 35.2 Å². The molecule has 0 bridgehead atoms. The van der Waals surface area contributed by atoms with Gasteiger partial charge in [0.2, 0.25) is 5.91 Å². The fraction of sp³-hybridized carbons (Fsp3) is 0.697. The maximum Gasteiger partial charge on any atom is 0.322 e. The Morgan fingerprint density at radius 3 is 2.40 bits per heavy atom. The summed E-state index contributed by atoms with van der Waals surface area (Å²) in [5.41, 5.74) is 4.76. The third-order valence-corrected chi connectivity index (χ3v) is 10.0. The maximum atomic E-state index is 14.0. The number of piperidine rings is 3. The SMILES string of the molecule is CCN(CC/C=N\NC)CC(NC(=O)N1CCC(N2Cc3ccccc3NC2=O)CC1)C(=O)N1CCC(N2CCCCC2)CC1. The average Bonchev–Trinajstić information content (AvgIpc) is 3.09. The molecule has 0 saturated carbocycles. The minimum atomic E-state index is -0.618. The predicted octanol–water partition coefficient (Wildman–Crippen LogP) is 2.97. The van der Waals surface area contributed by atoms with Crippen LogP contribution in [0.5, 0.6) is 0 Å². The zero-order chi connectivity index (χ0) is 31.6. The Morgan fingerprint density at radius 2 is 1.69 bits per heavy atom. The van der Waals surface area contributed by atoms with E-state index in [0.717, 1.165) is 56.7 Å². The van der Waals surface area contributed by atoms with E-state index in [2.05, 4.69) is 37.9 Å². The summed E-state index contributed by atoms with van der Waals surface area (Å²) in [7, 11) is 1.77. The molecule has 45 heavy (non-hydrogen) atoms. The Bertz CT molecular complexity index is 1160. The number of amides is 5. The number of hydrazone groups is 1. The number of fused-ring (bicyclic) bond motifs is 1. The molecule has 4 aliphatic heterocycles. The van der Waals surface area contributed by atoms with Gasteiger partial charge in [-0.1, -0.05) is 31.5 Å². The van der Waals surface area contributed by atoms with E-state index in [-0.39, 0.29) is 24.0 Å². The van der Waals surface area contributed by atoms with Crippen LogP contribution in [0.15, 0.2) is 29.4 Å². The van der Waals surface area contributed by atoms with Crippen LogP contribution in [0, 0.1) is 0 Å². The molecule has 1 unspecified atom stereocenters. The third kappa shape index (κ3) is 8.66. The number of urea groups is 2. The van der Waals surface area contributed by atoms with Gasteiger partial charge in [-0.2, -0.15) is 5.10 Å². The first kappa shape index (κ1) is 33.0. The van der Waals surface area contributed by atoms with Gasteiger partial charge in [-0.3, -0.25) is 4.79 Å². The van der Waals surface area contributed by atoms with Gasteiger partial charge in [0.15, 0.2) is 0 Å². The van der Waals surface area contributed by atoms with Gasteiger partial charge in [0, 0.05) is 76.8 Å². The minimum Gasteiger partial charge on any atom is -0.341 e. The number of hydrogen-bond donors (Lipinski definition) is 3. The molecule has 4 aliphatic rings. The lowest BCUT2D eigenvalue weighted by Gasteiger charge is -2.42. The quantitative estimate of drug-likeness (QED) is 0.258. The van der Waals surface area contributed by atoms with Crippen molar-refractivity contribution in [2.75, 3.05) is 71.3 Å². The maximum absolute atomic E-state index is 14.0. The molecule has 1 atom stereocenters. The van der Waals surface area contributed by atoms with Crippen molar-refractivity contribution in [1.29, 1.82) is 0 Å². The topological polar surface area (TPSA) is 116 Å². The molecule has 248 valence electrons. The number of carbonyl (C=O) groups is 3. The van der Waals surface area contributed by atoms with Crippen LogP contribution in [0.25, 0.3) is 0 Å². The van der Waals surface area contributed by atoms with E-state index >= 15 is 0 Å². The van der Waals surface area contributed by atoms with Crippen LogP contribution in [0.1, 0.15) is 63.9 Å². The van der Waals surface area contributed by atoms with Crippen molar-refractivity contribution in [3.05, 3.63) is 29.8 Å². The van der Waals surface area contributed by atoms with Crippen molar-refractivity contribution in [2.45, 2.75) is 83.0 Å². The number of likely N-dealkylation sites (N-methyl/N-ethyl adjacent to an activating group) is 1. The highest BCUT2D eigenvalue weighted by Crippen LogP contribution is 2.28. The summed E-state index contributed by atoms with van der Waals surface area (Å²) in [5.74, 6) is 0.0151. The summed E-state index contributed by atoms with van der Waals surface area (Å²) in [6, 6.07) is 7.63. The molecule has 3 N–H and O–H groups in total. The van der Waals surface area contributed by atoms with E-state index in [1.165, 1.54) is 32.4 Å². The lowest BCUT2D eigenvalue weighted by molar-refractivity contribution is -0.135. The van der Waals surface area contributed by atoms with Crippen LogP contribution in [0.2, 0.25) is 0 Å². The van der Waals surface area contributed by atoms with E-state index in [1.54, 1.807) is 7.05 Å². The van der Waals surface area contributed by atoms with E-state index in [4.69, 9.17) is 0 Å². The second-order valence-corrected chi connectivity index (χ2v) is 12.8. The van der Waals surface area contributed by atoms with Gasteiger partial charge in [-0.25, -0.2) is 9.59 Å². The van der Waals surface area contributed by atoms with Gasteiger partial charge in [-0.15, -0.1) is 0 Å². The molecule has 0 aromatic heterocycles. The van der Waals surface area contributed by atoms with Gasteiger partial charge in [0.05, 0.1) is 0 Å². The lowest BCUT2D eigenvalue weighted by atomic mass is 9.99. The van der Waals surface area contributed by atoms with Crippen LogP contribution >= 0.6 is 0 Å². The number of anilines is 1. The van der Waals surface area contributed by atoms with Crippen LogP contribution in [-0.2, 0) is 11.3 Å². The normalized spacial score (nSPS) is 21.1. The monoisotopic (exact) mass is 623 g/mol. The van der Waals surface area contributed by atoms with Gasteiger partial charge >= 0.3 is 12.1 Å². The molecule has 4 heterocycles. The van der Waals surface area contributed by atoms with E-state index in [9.17, 15) is 14.4 Å². The Labute approximate surface area is 268 Å². The number of hydrogen-bond acceptors (Lipinski definition) is 7. The van der Waals surface area contributed by atoms with Crippen LogP contribution < -0.4 is 16.1 Å². The van der Waals surface area contributed by atoms with Crippen molar-refractivity contribution >= 4 is 29.9 Å². The fourth-order valence-electron chi connectivity index (χ4n) is 7.31. The summed E-state index contributed by atoms with van der Waals surface area (Å²) in [6.45, 7) is 9.56. The first-order valence-electron chi connectivity index (χ1n) is 17.1. The smallest absolute Gasteiger partial charge is 0.322 e. The number of carbonyl (C=O) groups excluding carboxylic acids is 3. The summed E-state index contributed by atoms with van der Waals surface area (Å²) >= 11 is 0. The molecular weight excluding hydrogens is 570 g/mol. The summed E-state index contributed by atoms with van der Waals surface area (Å²) in [6.07, 6.45) is 9.87. The number of rotatable bonds is 11. The van der Waals surface area contributed by atoms with E-state index < -0.39 is 6.04 Å². The van der Waals surface area contributed by atoms with Gasteiger partial charge in [0.25, 0.3) is 0 Å². The summed E-state index contributed by atoms with van der Waals surface area (Å²) in [5, 5.41) is 10.2. The van der Waals surface area contributed by atoms with Gasteiger partial charge < -0.3 is 40.6 Å². The summed E-state index contributed by atoms with van der Waals surface area (Å²) < 4.78 is 0. The first-order chi connectivity index (χ1) is 22.0. The molecule has 12 nitrogen and oxygen atoms in total. The third-order valence-electron chi connectivity index (χ3n) is 10.0. The number of para-hydroxylation sites is 1. The molecule has 5 rings (SSSR count). The van der Waals surface area contributed by atoms with Crippen LogP contribution in [0.4, 0.5) is 15.3 Å². The van der Waals surface area contributed by atoms with Crippen LogP contribution in [0.3, 0.4) is 0 Å². The zero-order valence-corrected chi connectivity index (χ0v) is 27.3. The highest BCUT2D eigenvalue weighted by molar-refractivity contribution is 5.92. The van der Waals surface area contributed by atoms with Gasteiger partial charge in [0.1, 0.15) is 6.04 Å². The molecule has 12 heteroatoms. The average molecular weight is 624 g/mol. The van der Waals surface area contributed by atoms with Crippen molar-refractivity contribution in [3.63, 3.8) is 0 Å². The molecule has 0 aliphatic carbocycles. The Hall–Kier alpha value is -3.38. The Morgan fingerprint density at radius 1 is 1.00 bits per heavy atom. The fourth-order valence-corrected chi connectivity index (χ4v) is 7.31. The van der Waals surface area contributed by atoms with Crippen molar-refractivity contribution < 1.29 is 14.4 Å². The molecule has 5 amide bonds. The molecule has 3 fully saturated rings. The second-order valence-electron chi connectivity index (χ2n) is 12.8. The largest absolute Gasteiger partial charge is 0.341 e. The second kappa shape index (κ2) is 16.3. The highest BCUT2D eigenvalue weighted by Gasteiger charge is 2.36. The molecule has 3 saturated heterocycles. The van der Waals surface area contributed by atoms with E-state index in [1.807, 2.05) is 45.2 Å². The minimum absolute atomic E-state index is 0.0151. The molecule has 1 aromatic carbocycles. The summed E-state index contributed by atoms with van der Waals surface area (Å²) in [4.78, 5) is 51.0.